The highest BCUT2D eigenvalue weighted by atomic mass is 35.5. The molecule has 2 aromatic rings. The van der Waals surface area contributed by atoms with E-state index in [-0.39, 0.29) is 5.91 Å². The maximum Gasteiger partial charge on any atom is 0.274 e. The number of carbonyl (C=O) groups is 1. The molecule has 0 aliphatic carbocycles. The third-order valence-corrected chi connectivity index (χ3v) is 2.55. The van der Waals surface area contributed by atoms with E-state index in [1.165, 1.54) is 0 Å². The second-order valence-electron chi connectivity index (χ2n) is 3.90. The number of benzene rings is 1. The van der Waals surface area contributed by atoms with E-state index in [1.807, 2.05) is 6.92 Å². The first-order valence-electron chi connectivity index (χ1n) is 5.44. The van der Waals surface area contributed by atoms with Crippen molar-refractivity contribution in [3.8, 4) is 0 Å². The lowest BCUT2D eigenvalue weighted by atomic mass is 10.3. The number of halogens is 1. The summed E-state index contributed by atoms with van der Waals surface area (Å²) in [4.78, 5) is 20.2. The van der Waals surface area contributed by atoms with Gasteiger partial charge in [0.05, 0.1) is 0 Å². The highest BCUT2D eigenvalue weighted by Gasteiger charge is 2.09. The van der Waals surface area contributed by atoms with Crippen molar-refractivity contribution in [1.29, 1.82) is 0 Å². The Labute approximate surface area is 110 Å². The number of aromatic nitrogens is 2. The molecule has 1 aromatic carbocycles. The van der Waals surface area contributed by atoms with E-state index in [9.17, 15) is 4.79 Å². The predicted molar refractivity (Wildman–Crippen MR) is 70.9 cm³/mol. The summed E-state index contributed by atoms with van der Waals surface area (Å²) in [7, 11) is 0. The molecule has 0 bridgehead atoms. The van der Waals surface area contributed by atoms with E-state index in [0.717, 1.165) is 5.69 Å². The van der Waals surface area contributed by atoms with Gasteiger partial charge in [0.15, 0.2) is 0 Å². The van der Waals surface area contributed by atoms with Gasteiger partial charge in [-0.2, -0.15) is 0 Å². The van der Waals surface area contributed by atoms with Crippen LogP contribution in [0.3, 0.4) is 0 Å². The molecule has 18 heavy (non-hydrogen) atoms. The molecule has 0 saturated carbocycles. The quantitative estimate of drug-likeness (QED) is 0.904. The largest absolute Gasteiger partial charge is 0.321 e. The lowest BCUT2D eigenvalue weighted by molar-refractivity contribution is 0.102. The van der Waals surface area contributed by atoms with Gasteiger partial charge in [0.25, 0.3) is 5.91 Å². The van der Waals surface area contributed by atoms with Crippen LogP contribution in [0.4, 0.5) is 5.69 Å². The molecular formula is C13H12ClN3O. The number of nitrogens with one attached hydrogen (secondary N) is 1. The van der Waals surface area contributed by atoms with Crippen molar-refractivity contribution in [2.75, 3.05) is 5.32 Å². The van der Waals surface area contributed by atoms with E-state index >= 15 is 0 Å². The van der Waals surface area contributed by atoms with Crippen molar-refractivity contribution in [3.05, 3.63) is 52.6 Å². The van der Waals surface area contributed by atoms with E-state index in [4.69, 9.17) is 11.6 Å². The Balaban J connectivity index is 2.19. The van der Waals surface area contributed by atoms with E-state index in [1.54, 1.807) is 37.3 Å². The number of rotatable bonds is 2. The molecule has 1 heterocycles. The van der Waals surface area contributed by atoms with Crippen molar-refractivity contribution >= 4 is 23.2 Å². The Morgan fingerprint density at radius 3 is 2.44 bits per heavy atom. The summed E-state index contributed by atoms with van der Waals surface area (Å²) < 4.78 is 0. The lowest BCUT2D eigenvalue weighted by Crippen LogP contribution is -2.15. The van der Waals surface area contributed by atoms with Gasteiger partial charge in [0.1, 0.15) is 11.5 Å². The molecule has 2 rings (SSSR count). The zero-order valence-corrected chi connectivity index (χ0v) is 10.8. The fourth-order valence-electron chi connectivity index (χ4n) is 1.56. The summed E-state index contributed by atoms with van der Waals surface area (Å²) in [5.41, 5.74) is 1.80. The Bertz CT molecular complexity index is 561. The second-order valence-corrected chi connectivity index (χ2v) is 4.34. The average Bonchev–Trinajstić information content (AvgIpc) is 2.31. The third-order valence-electron chi connectivity index (χ3n) is 2.30. The molecule has 0 atom stereocenters. The zero-order valence-electron chi connectivity index (χ0n) is 10.1. The van der Waals surface area contributed by atoms with Gasteiger partial charge in [0, 0.05) is 16.4 Å². The second kappa shape index (κ2) is 5.14. The number of carbonyl (C=O) groups excluding carboxylic acids is 1. The molecule has 5 heteroatoms. The van der Waals surface area contributed by atoms with Crippen LogP contribution in [0.1, 0.15) is 22.0 Å². The molecule has 1 N–H and O–H groups in total. The van der Waals surface area contributed by atoms with Gasteiger partial charge in [-0.25, -0.2) is 9.97 Å². The van der Waals surface area contributed by atoms with Crippen molar-refractivity contribution in [2.24, 2.45) is 0 Å². The molecule has 0 unspecified atom stereocenters. The normalized spacial score (nSPS) is 10.2. The fraction of sp³-hybridized carbons (Fsp3) is 0.154. The Morgan fingerprint density at radius 2 is 1.83 bits per heavy atom. The standard InChI is InChI=1S/C13H12ClN3O/c1-8-7-12(16-9(2)15-8)13(18)17-11-5-3-10(14)4-6-11/h3-7H,1-2H3,(H,17,18). The van der Waals surface area contributed by atoms with Crippen LogP contribution in [0, 0.1) is 13.8 Å². The smallest absolute Gasteiger partial charge is 0.274 e. The van der Waals surface area contributed by atoms with Gasteiger partial charge in [-0.05, 0) is 44.2 Å². The maximum absolute atomic E-state index is 12.0. The van der Waals surface area contributed by atoms with E-state index in [2.05, 4.69) is 15.3 Å². The van der Waals surface area contributed by atoms with Gasteiger partial charge in [0.2, 0.25) is 0 Å². The van der Waals surface area contributed by atoms with Crippen LogP contribution in [-0.2, 0) is 0 Å². The molecule has 1 aromatic heterocycles. The minimum Gasteiger partial charge on any atom is -0.321 e. The summed E-state index contributed by atoms with van der Waals surface area (Å²) in [5, 5.41) is 3.38. The highest BCUT2D eigenvalue weighted by Crippen LogP contribution is 2.14. The van der Waals surface area contributed by atoms with Crippen LogP contribution in [-0.4, -0.2) is 15.9 Å². The third kappa shape index (κ3) is 3.05. The molecule has 0 aliphatic rings. The minimum absolute atomic E-state index is 0.258. The van der Waals surface area contributed by atoms with Gasteiger partial charge >= 0.3 is 0 Å². The summed E-state index contributed by atoms with van der Waals surface area (Å²) in [5.74, 6) is 0.321. The van der Waals surface area contributed by atoms with Crippen LogP contribution in [0.2, 0.25) is 5.02 Å². The van der Waals surface area contributed by atoms with Crippen molar-refractivity contribution in [2.45, 2.75) is 13.8 Å². The zero-order chi connectivity index (χ0) is 13.1. The number of hydrogen-bond donors (Lipinski definition) is 1. The first-order valence-corrected chi connectivity index (χ1v) is 5.81. The SMILES string of the molecule is Cc1cc(C(=O)Nc2ccc(Cl)cc2)nc(C)n1. The van der Waals surface area contributed by atoms with Crippen LogP contribution < -0.4 is 5.32 Å². The molecule has 92 valence electrons. The summed E-state index contributed by atoms with van der Waals surface area (Å²) in [6.07, 6.45) is 0. The van der Waals surface area contributed by atoms with Gasteiger partial charge in [-0.15, -0.1) is 0 Å². The van der Waals surface area contributed by atoms with Crippen LogP contribution in [0.15, 0.2) is 30.3 Å². The minimum atomic E-state index is -0.258. The van der Waals surface area contributed by atoms with Crippen LogP contribution in [0.25, 0.3) is 0 Å². The molecular weight excluding hydrogens is 250 g/mol. The molecule has 0 spiro atoms. The number of anilines is 1. The van der Waals surface area contributed by atoms with Crippen molar-refractivity contribution < 1.29 is 4.79 Å². The first kappa shape index (κ1) is 12.5. The molecule has 1 amide bonds. The van der Waals surface area contributed by atoms with Gasteiger partial charge in [-0.1, -0.05) is 11.6 Å². The average molecular weight is 262 g/mol. The number of amides is 1. The predicted octanol–water partition coefficient (Wildman–Crippen LogP) is 3.00. The van der Waals surface area contributed by atoms with E-state index in [0.29, 0.717) is 22.2 Å². The summed E-state index contributed by atoms with van der Waals surface area (Å²) in [6, 6.07) is 8.56. The van der Waals surface area contributed by atoms with E-state index < -0.39 is 0 Å². The molecule has 0 saturated heterocycles. The Hall–Kier alpha value is -1.94. The summed E-state index contributed by atoms with van der Waals surface area (Å²) in [6.45, 7) is 3.58. The van der Waals surface area contributed by atoms with Crippen molar-refractivity contribution in [1.82, 2.24) is 9.97 Å². The number of nitrogens with zero attached hydrogens (tertiary/aromatic N) is 2. The Kier molecular flexibility index (Phi) is 3.58. The molecule has 0 aliphatic heterocycles. The monoisotopic (exact) mass is 261 g/mol. The Morgan fingerprint density at radius 1 is 1.17 bits per heavy atom. The fourth-order valence-corrected chi connectivity index (χ4v) is 1.69. The van der Waals surface area contributed by atoms with Gasteiger partial charge < -0.3 is 5.32 Å². The molecule has 0 fully saturated rings. The number of hydrogen-bond acceptors (Lipinski definition) is 3. The first-order chi connectivity index (χ1) is 8.54. The van der Waals surface area contributed by atoms with Crippen LogP contribution in [0.5, 0.6) is 0 Å². The van der Waals surface area contributed by atoms with Crippen LogP contribution >= 0.6 is 11.6 Å². The highest BCUT2D eigenvalue weighted by molar-refractivity contribution is 6.30. The molecule has 4 nitrogen and oxygen atoms in total. The topological polar surface area (TPSA) is 54.9 Å². The van der Waals surface area contributed by atoms with Crippen molar-refractivity contribution in [3.63, 3.8) is 0 Å². The van der Waals surface area contributed by atoms with Gasteiger partial charge in [-0.3, -0.25) is 4.79 Å². The lowest BCUT2D eigenvalue weighted by Gasteiger charge is -2.06. The maximum atomic E-state index is 12.0. The number of aryl methyl sites for hydroxylation is 2. The summed E-state index contributed by atoms with van der Waals surface area (Å²) >= 11 is 5.77. The molecule has 0 radical (unpaired) electrons.